The van der Waals surface area contributed by atoms with E-state index in [2.05, 4.69) is 37.7 Å². The molecule has 3 N–H and O–H groups in total. The van der Waals surface area contributed by atoms with E-state index in [9.17, 15) is 4.79 Å². The van der Waals surface area contributed by atoms with Crippen LogP contribution in [0.5, 0.6) is 0 Å². The largest absolute Gasteiger partial charge is 0.355 e. The van der Waals surface area contributed by atoms with Gasteiger partial charge >= 0.3 is 0 Å². The van der Waals surface area contributed by atoms with Crippen LogP contribution in [0.4, 0.5) is 11.5 Å². The quantitative estimate of drug-likeness (QED) is 0.310. The van der Waals surface area contributed by atoms with Gasteiger partial charge in [-0.2, -0.15) is 0 Å². The van der Waals surface area contributed by atoms with Gasteiger partial charge in [0.1, 0.15) is 18.0 Å². The monoisotopic (exact) mass is 460 g/mol. The van der Waals surface area contributed by atoms with Gasteiger partial charge in [0.15, 0.2) is 0 Å². The summed E-state index contributed by atoms with van der Waals surface area (Å²) in [5, 5.41) is 6.02. The van der Waals surface area contributed by atoms with Crippen LogP contribution in [-0.4, -0.2) is 32.9 Å². The average molecular weight is 461 g/mol. The summed E-state index contributed by atoms with van der Waals surface area (Å²) in [7, 11) is 1.62. The minimum absolute atomic E-state index is 0.119. The molecule has 0 bridgehead atoms. The molecule has 0 aliphatic heterocycles. The van der Waals surface area contributed by atoms with E-state index in [0.717, 1.165) is 40.1 Å². The minimum Gasteiger partial charge on any atom is -0.355 e. The first kappa shape index (κ1) is 22.0. The van der Waals surface area contributed by atoms with Crippen LogP contribution in [0.15, 0.2) is 85.3 Å². The van der Waals surface area contributed by atoms with Crippen molar-refractivity contribution >= 4 is 40.6 Å². The third-order valence-corrected chi connectivity index (χ3v) is 5.58. The number of nitrogens with zero attached hydrogens (tertiary/aromatic N) is 3. The van der Waals surface area contributed by atoms with Crippen molar-refractivity contribution in [3.05, 3.63) is 113 Å². The fourth-order valence-electron chi connectivity index (χ4n) is 3.83. The molecule has 0 unspecified atom stereocenters. The Balaban J connectivity index is 1.36. The van der Waals surface area contributed by atoms with Crippen LogP contribution >= 0.6 is 0 Å². The molecule has 0 fully saturated rings. The van der Waals surface area contributed by atoms with E-state index in [1.807, 2.05) is 66.7 Å². The van der Waals surface area contributed by atoms with Gasteiger partial charge in [-0.3, -0.25) is 4.79 Å². The number of amides is 1. The number of imidazole rings is 1. The highest BCUT2D eigenvalue weighted by Crippen LogP contribution is 2.24. The third-order valence-electron chi connectivity index (χ3n) is 5.58. The first-order valence-corrected chi connectivity index (χ1v) is 11.3. The van der Waals surface area contributed by atoms with Gasteiger partial charge in [0.25, 0.3) is 5.91 Å². The summed E-state index contributed by atoms with van der Waals surface area (Å²) in [5.41, 5.74) is 6.30. The number of H-pyrrole nitrogens is 1. The Labute approximate surface area is 203 Å². The van der Waals surface area contributed by atoms with Gasteiger partial charge in [-0.1, -0.05) is 48.5 Å². The fourth-order valence-corrected chi connectivity index (χ4v) is 3.83. The Morgan fingerprint density at radius 3 is 2.74 bits per heavy atom. The highest BCUT2D eigenvalue weighted by Gasteiger charge is 2.08. The number of benzene rings is 3. The lowest BCUT2D eigenvalue weighted by atomic mass is 10.1. The number of hydrogen-bond acceptors (Lipinski definition) is 5. The zero-order valence-electron chi connectivity index (χ0n) is 19.2. The van der Waals surface area contributed by atoms with Gasteiger partial charge in [0.05, 0.1) is 11.0 Å². The lowest BCUT2D eigenvalue weighted by Gasteiger charge is -2.08. The van der Waals surface area contributed by atoms with E-state index in [4.69, 9.17) is 4.98 Å². The van der Waals surface area contributed by atoms with Crippen molar-refractivity contribution in [1.29, 1.82) is 0 Å². The van der Waals surface area contributed by atoms with Gasteiger partial charge in [-0.15, -0.1) is 0 Å². The molecule has 5 rings (SSSR count). The number of fused-ring (bicyclic) bond motifs is 1. The molecular weight excluding hydrogens is 436 g/mol. The number of rotatable bonds is 7. The van der Waals surface area contributed by atoms with Crippen molar-refractivity contribution in [1.82, 2.24) is 25.3 Å². The highest BCUT2D eigenvalue weighted by molar-refractivity contribution is 5.94. The van der Waals surface area contributed by atoms with Crippen LogP contribution in [0.1, 0.15) is 32.9 Å². The summed E-state index contributed by atoms with van der Waals surface area (Å²) in [6.45, 7) is 0. The third kappa shape index (κ3) is 5.25. The second kappa shape index (κ2) is 10.0. The molecule has 7 heteroatoms. The molecule has 0 saturated heterocycles. The molecule has 0 aliphatic carbocycles. The number of carbonyl (C=O) groups is 1. The van der Waals surface area contributed by atoms with E-state index in [-0.39, 0.29) is 5.91 Å². The molecule has 0 radical (unpaired) electrons. The van der Waals surface area contributed by atoms with Crippen molar-refractivity contribution < 1.29 is 4.79 Å². The average Bonchev–Trinajstić information content (AvgIpc) is 3.30. The first-order chi connectivity index (χ1) is 17.2. The maximum atomic E-state index is 11.9. The fraction of sp³-hybridized carbons (Fsp3) is 0.0714. The molecule has 172 valence electrons. The first-order valence-electron chi connectivity index (χ1n) is 11.3. The van der Waals surface area contributed by atoms with Gasteiger partial charge in [0.2, 0.25) is 0 Å². The van der Waals surface area contributed by atoms with Crippen LogP contribution in [0.25, 0.3) is 23.2 Å². The van der Waals surface area contributed by atoms with Crippen molar-refractivity contribution in [2.75, 3.05) is 12.4 Å². The summed E-state index contributed by atoms with van der Waals surface area (Å²) in [6, 6.07) is 23.7. The van der Waals surface area contributed by atoms with Gasteiger partial charge < -0.3 is 15.6 Å². The van der Waals surface area contributed by atoms with Crippen molar-refractivity contribution in [2.24, 2.45) is 0 Å². The predicted octanol–water partition coefficient (Wildman–Crippen LogP) is 5.22. The smallest absolute Gasteiger partial charge is 0.251 e. The van der Waals surface area contributed by atoms with E-state index >= 15 is 0 Å². The van der Waals surface area contributed by atoms with Crippen LogP contribution in [0, 0.1) is 0 Å². The summed E-state index contributed by atoms with van der Waals surface area (Å²) >= 11 is 0. The van der Waals surface area contributed by atoms with E-state index < -0.39 is 0 Å². The second-order valence-electron chi connectivity index (χ2n) is 8.07. The van der Waals surface area contributed by atoms with Crippen molar-refractivity contribution in [2.45, 2.75) is 6.42 Å². The van der Waals surface area contributed by atoms with Crippen LogP contribution in [-0.2, 0) is 6.42 Å². The van der Waals surface area contributed by atoms with Gasteiger partial charge in [-0.05, 0) is 47.5 Å². The molecule has 0 saturated carbocycles. The molecule has 0 atom stereocenters. The Morgan fingerprint density at radius 1 is 1.00 bits per heavy atom. The standard InChI is InChI=1S/C28H24N6O/c1-29-28(35)21-9-5-8-20(14-21)10-11-22-17-30-18-31-27(22)32-23-12-13-24-25(16-23)34-26(33-24)15-19-6-3-2-4-7-19/h2-14,16-18H,15H2,1H3,(H,29,35)(H,33,34)(H,30,31,32)/b11-10+. The summed E-state index contributed by atoms with van der Waals surface area (Å²) in [4.78, 5) is 28.7. The predicted molar refractivity (Wildman–Crippen MR) is 139 cm³/mol. The molecular formula is C28H24N6O. The number of carbonyl (C=O) groups excluding carboxylic acids is 1. The van der Waals surface area contributed by atoms with Gasteiger partial charge in [0, 0.05) is 36.5 Å². The van der Waals surface area contributed by atoms with Crippen LogP contribution in [0.3, 0.4) is 0 Å². The Bertz CT molecular complexity index is 1510. The number of hydrogen-bond donors (Lipinski definition) is 3. The number of nitrogens with one attached hydrogen (secondary N) is 3. The SMILES string of the molecule is CNC(=O)c1cccc(/C=C/c2cncnc2Nc2ccc3[nH]c(Cc4ccccc4)nc3c2)c1. The number of aromatic amines is 1. The van der Waals surface area contributed by atoms with E-state index in [1.54, 1.807) is 19.3 Å². The van der Waals surface area contributed by atoms with Crippen LogP contribution in [0.2, 0.25) is 0 Å². The molecule has 2 aromatic heterocycles. The molecule has 2 heterocycles. The molecule has 5 aromatic rings. The Hall–Kier alpha value is -4.78. The number of aromatic nitrogens is 4. The maximum absolute atomic E-state index is 11.9. The topological polar surface area (TPSA) is 95.6 Å². The molecule has 3 aromatic carbocycles. The summed E-state index contributed by atoms with van der Waals surface area (Å²) in [6.07, 6.45) is 7.87. The Morgan fingerprint density at radius 2 is 1.89 bits per heavy atom. The Kier molecular flexibility index (Phi) is 6.30. The minimum atomic E-state index is -0.119. The van der Waals surface area contributed by atoms with E-state index in [1.165, 1.54) is 11.9 Å². The molecule has 7 nitrogen and oxygen atoms in total. The molecule has 0 aliphatic rings. The van der Waals surface area contributed by atoms with E-state index in [0.29, 0.717) is 11.4 Å². The second-order valence-corrected chi connectivity index (χ2v) is 8.07. The van der Waals surface area contributed by atoms with Crippen molar-refractivity contribution in [3.63, 3.8) is 0 Å². The van der Waals surface area contributed by atoms with Crippen molar-refractivity contribution in [3.8, 4) is 0 Å². The normalized spacial score (nSPS) is 11.1. The van der Waals surface area contributed by atoms with Crippen LogP contribution < -0.4 is 10.6 Å². The lowest BCUT2D eigenvalue weighted by molar-refractivity contribution is 0.0963. The van der Waals surface area contributed by atoms with Gasteiger partial charge in [-0.25, -0.2) is 15.0 Å². The summed E-state index contributed by atoms with van der Waals surface area (Å²) < 4.78 is 0. The lowest BCUT2D eigenvalue weighted by Crippen LogP contribution is -2.17. The molecule has 35 heavy (non-hydrogen) atoms. The molecule has 1 amide bonds. The maximum Gasteiger partial charge on any atom is 0.251 e. The highest BCUT2D eigenvalue weighted by atomic mass is 16.1. The molecule has 0 spiro atoms. The summed E-state index contributed by atoms with van der Waals surface area (Å²) in [5.74, 6) is 1.48. The number of anilines is 2. The zero-order chi connectivity index (χ0) is 24.0. The zero-order valence-corrected chi connectivity index (χ0v) is 19.2.